The number of rotatable bonds is 0. The smallest absolute Gasteiger partial charge is 0.0873 e. The maximum absolute atomic E-state index is 5.82. The van der Waals surface area contributed by atoms with Gasteiger partial charge in [0.15, 0.2) is 0 Å². The quantitative estimate of drug-likeness (QED) is 0.547. The van der Waals surface area contributed by atoms with E-state index in [0.29, 0.717) is 0 Å². The fourth-order valence-electron chi connectivity index (χ4n) is 0.694. The van der Waals surface area contributed by atoms with E-state index in [1.807, 2.05) is 13.8 Å². The number of hydrogen-bond donors (Lipinski definition) is 1. The Hall–Kier alpha value is -0.500. The lowest BCUT2D eigenvalue weighted by atomic mass is 10.2. The molecule has 1 aliphatic heterocycles. The molecule has 1 heterocycles. The molecule has 1 N–H and O–H groups in total. The molecule has 0 amide bonds. The third kappa shape index (κ3) is 1.24. The predicted molar refractivity (Wildman–Crippen MR) is 39.6 cm³/mol. The Morgan fingerprint density at radius 3 is 2.89 bits per heavy atom. The van der Waals surface area contributed by atoms with Gasteiger partial charge in [-0.15, -0.1) is 0 Å². The lowest BCUT2D eigenvalue weighted by Gasteiger charge is -2.13. The zero-order valence-corrected chi connectivity index (χ0v) is 6.24. The van der Waals surface area contributed by atoms with Crippen molar-refractivity contribution in [1.82, 2.24) is 5.32 Å². The molecular weight excluding hydrogens is 136 g/mol. The minimum Gasteiger partial charge on any atom is -0.349 e. The van der Waals surface area contributed by atoms with Gasteiger partial charge in [0.2, 0.25) is 0 Å². The van der Waals surface area contributed by atoms with Gasteiger partial charge in [-0.05, 0) is 13.8 Å². The zero-order chi connectivity index (χ0) is 6.85. The van der Waals surface area contributed by atoms with E-state index in [2.05, 4.69) is 10.3 Å². The van der Waals surface area contributed by atoms with Crippen LogP contribution in [0.4, 0.5) is 0 Å². The second kappa shape index (κ2) is 2.40. The molecule has 0 aromatic heterocycles. The van der Waals surface area contributed by atoms with Crippen LogP contribution in [0.25, 0.3) is 0 Å². The van der Waals surface area contributed by atoms with E-state index >= 15 is 0 Å². The standard InChI is InChI=1S/C6H9ClN2/c1-4-6(7)5(2)9-3-8-4/h3-4H,1-2H3,(H,8,9). The highest BCUT2D eigenvalue weighted by Crippen LogP contribution is 2.16. The van der Waals surface area contributed by atoms with Crippen LogP contribution in [0, 0.1) is 0 Å². The second-order valence-corrected chi connectivity index (χ2v) is 2.48. The molecule has 0 saturated heterocycles. The van der Waals surface area contributed by atoms with Gasteiger partial charge in [0.25, 0.3) is 0 Å². The van der Waals surface area contributed by atoms with Gasteiger partial charge in [-0.3, -0.25) is 4.99 Å². The van der Waals surface area contributed by atoms with Gasteiger partial charge in [0.05, 0.1) is 17.4 Å². The van der Waals surface area contributed by atoms with Gasteiger partial charge in [0.1, 0.15) is 0 Å². The van der Waals surface area contributed by atoms with Crippen LogP contribution in [-0.4, -0.2) is 12.4 Å². The van der Waals surface area contributed by atoms with Gasteiger partial charge in [-0.25, -0.2) is 0 Å². The molecule has 1 rings (SSSR count). The molecule has 0 bridgehead atoms. The first-order valence-corrected chi connectivity index (χ1v) is 3.24. The Bertz CT molecular complexity index is 172. The molecule has 3 heteroatoms. The van der Waals surface area contributed by atoms with Crippen molar-refractivity contribution in [3.63, 3.8) is 0 Å². The summed E-state index contributed by atoms with van der Waals surface area (Å²) in [6, 6.07) is 0.132. The lowest BCUT2D eigenvalue weighted by molar-refractivity contribution is 0.851. The average Bonchev–Trinajstić information content (AvgIpc) is 1.83. The molecule has 50 valence electrons. The third-order valence-corrected chi connectivity index (χ3v) is 1.90. The maximum atomic E-state index is 5.82. The van der Waals surface area contributed by atoms with Gasteiger partial charge in [-0.2, -0.15) is 0 Å². The van der Waals surface area contributed by atoms with Gasteiger partial charge in [0, 0.05) is 5.70 Å². The summed E-state index contributed by atoms with van der Waals surface area (Å²) in [5, 5.41) is 3.72. The normalized spacial score (nSPS) is 26.3. The molecule has 0 aliphatic carbocycles. The Kier molecular flexibility index (Phi) is 1.76. The fraction of sp³-hybridized carbons (Fsp3) is 0.500. The number of nitrogens with zero attached hydrogens (tertiary/aromatic N) is 1. The summed E-state index contributed by atoms with van der Waals surface area (Å²) >= 11 is 5.82. The molecule has 1 atom stereocenters. The molecule has 1 unspecified atom stereocenters. The largest absolute Gasteiger partial charge is 0.349 e. The van der Waals surface area contributed by atoms with E-state index in [-0.39, 0.29) is 6.04 Å². The second-order valence-electron chi connectivity index (χ2n) is 2.07. The van der Waals surface area contributed by atoms with Gasteiger partial charge >= 0.3 is 0 Å². The topological polar surface area (TPSA) is 24.4 Å². The summed E-state index contributed by atoms with van der Waals surface area (Å²) in [6.07, 6.45) is 1.67. The highest BCUT2D eigenvalue weighted by molar-refractivity contribution is 6.30. The molecule has 0 radical (unpaired) electrons. The van der Waals surface area contributed by atoms with Crippen molar-refractivity contribution in [3.8, 4) is 0 Å². The summed E-state index contributed by atoms with van der Waals surface area (Å²) in [4.78, 5) is 4.04. The number of aliphatic imine (C=N–C) groups is 1. The van der Waals surface area contributed by atoms with Crippen LogP contribution in [-0.2, 0) is 0 Å². The van der Waals surface area contributed by atoms with Crippen molar-refractivity contribution >= 4 is 17.9 Å². The van der Waals surface area contributed by atoms with Crippen LogP contribution in [0.1, 0.15) is 13.8 Å². The molecule has 0 aromatic carbocycles. The van der Waals surface area contributed by atoms with Crippen molar-refractivity contribution in [1.29, 1.82) is 0 Å². The molecule has 0 saturated carbocycles. The molecule has 1 aliphatic rings. The predicted octanol–water partition coefficient (Wildman–Crippen LogP) is 1.48. The minimum atomic E-state index is 0.132. The van der Waals surface area contributed by atoms with E-state index < -0.39 is 0 Å². The van der Waals surface area contributed by atoms with E-state index in [1.165, 1.54) is 0 Å². The molecule has 0 spiro atoms. The number of nitrogens with one attached hydrogen (secondary N) is 1. The number of allylic oxidation sites excluding steroid dienone is 1. The van der Waals surface area contributed by atoms with Crippen LogP contribution in [0.3, 0.4) is 0 Å². The Labute approximate surface area is 59.6 Å². The summed E-state index contributed by atoms with van der Waals surface area (Å²) in [6.45, 7) is 3.90. The Morgan fingerprint density at radius 2 is 2.44 bits per heavy atom. The average molecular weight is 145 g/mol. The van der Waals surface area contributed by atoms with Crippen LogP contribution in [0.15, 0.2) is 15.7 Å². The summed E-state index contributed by atoms with van der Waals surface area (Å²) < 4.78 is 0. The summed E-state index contributed by atoms with van der Waals surface area (Å²) in [7, 11) is 0. The molecule has 2 nitrogen and oxygen atoms in total. The highest BCUT2D eigenvalue weighted by atomic mass is 35.5. The number of halogens is 1. The third-order valence-electron chi connectivity index (χ3n) is 1.30. The van der Waals surface area contributed by atoms with Crippen molar-refractivity contribution in [2.45, 2.75) is 19.9 Å². The fourth-order valence-corrected chi connectivity index (χ4v) is 0.805. The lowest BCUT2D eigenvalue weighted by Crippen LogP contribution is -2.19. The SMILES string of the molecule is CC1=C(Cl)C(C)N=CN1. The Balaban J connectivity index is 2.79. The van der Waals surface area contributed by atoms with E-state index in [1.54, 1.807) is 6.34 Å². The van der Waals surface area contributed by atoms with Gasteiger partial charge < -0.3 is 5.32 Å². The highest BCUT2D eigenvalue weighted by Gasteiger charge is 2.09. The van der Waals surface area contributed by atoms with Crippen molar-refractivity contribution in [2.75, 3.05) is 0 Å². The zero-order valence-electron chi connectivity index (χ0n) is 5.48. The first-order valence-electron chi connectivity index (χ1n) is 2.86. The number of hydrogen-bond acceptors (Lipinski definition) is 2. The van der Waals surface area contributed by atoms with Crippen LogP contribution < -0.4 is 5.32 Å². The first kappa shape index (κ1) is 6.62. The summed E-state index contributed by atoms with van der Waals surface area (Å²) in [5.74, 6) is 0. The van der Waals surface area contributed by atoms with Crippen LogP contribution >= 0.6 is 11.6 Å². The van der Waals surface area contributed by atoms with Crippen molar-refractivity contribution in [2.24, 2.45) is 4.99 Å². The first-order chi connectivity index (χ1) is 4.22. The molecule has 9 heavy (non-hydrogen) atoms. The Morgan fingerprint density at radius 1 is 1.78 bits per heavy atom. The van der Waals surface area contributed by atoms with Gasteiger partial charge in [-0.1, -0.05) is 11.6 Å². The molecule has 0 fully saturated rings. The van der Waals surface area contributed by atoms with E-state index in [4.69, 9.17) is 11.6 Å². The van der Waals surface area contributed by atoms with Crippen LogP contribution in [0.5, 0.6) is 0 Å². The maximum Gasteiger partial charge on any atom is 0.0873 e. The van der Waals surface area contributed by atoms with E-state index in [9.17, 15) is 0 Å². The minimum absolute atomic E-state index is 0.132. The summed E-state index contributed by atoms with van der Waals surface area (Å²) in [5.41, 5.74) is 0.999. The van der Waals surface area contributed by atoms with Crippen LogP contribution in [0.2, 0.25) is 0 Å². The van der Waals surface area contributed by atoms with Crippen molar-refractivity contribution in [3.05, 3.63) is 10.7 Å². The van der Waals surface area contributed by atoms with E-state index in [0.717, 1.165) is 10.7 Å². The monoisotopic (exact) mass is 144 g/mol. The molecular formula is C6H9ClN2. The molecule has 0 aromatic rings. The van der Waals surface area contributed by atoms with Crippen molar-refractivity contribution < 1.29 is 0 Å².